The first-order valence-corrected chi connectivity index (χ1v) is 6.81. The third kappa shape index (κ3) is 2.26. The summed E-state index contributed by atoms with van der Waals surface area (Å²) >= 11 is 1.51. The minimum Gasteiger partial charge on any atom is -0.253 e. The number of rotatable bonds is 2. The molecule has 0 bridgehead atoms. The summed E-state index contributed by atoms with van der Waals surface area (Å²) in [6, 6.07) is 3.01. The lowest BCUT2D eigenvalue weighted by atomic mass is 10.3. The van der Waals surface area contributed by atoms with E-state index in [9.17, 15) is 8.42 Å². The molecule has 84 valence electrons. The molecule has 0 saturated heterocycles. The molecule has 5 nitrogen and oxygen atoms in total. The van der Waals surface area contributed by atoms with Crippen molar-refractivity contribution in [3.05, 3.63) is 28.7 Å². The Hall–Kier alpha value is -1.31. The minimum absolute atomic E-state index is 0.00296. The van der Waals surface area contributed by atoms with Gasteiger partial charge >= 0.3 is 0 Å². The van der Waals surface area contributed by atoms with E-state index < -0.39 is 10.0 Å². The van der Waals surface area contributed by atoms with E-state index in [0.29, 0.717) is 5.69 Å². The summed E-state index contributed by atoms with van der Waals surface area (Å²) in [5, 5.41) is 7.77. The van der Waals surface area contributed by atoms with Gasteiger partial charge in [-0.05, 0) is 19.1 Å². The summed E-state index contributed by atoms with van der Waals surface area (Å²) < 4.78 is 22.0. The van der Waals surface area contributed by atoms with Crippen molar-refractivity contribution in [3.8, 4) is 11.4 Å². The van der Waals surface area contributed by atoms with Gasteiger partial charge in [0.25, 0.3) is 0 Å². The third-order valence-corrected chi connectivity index (χ3v) is 3.62. The standard InChI is InChI=1S/C9H9N3O2S2/c1-6-12-9(5-15-6)8-3-2-7(4-11-8)16(10,13)14/h2-5H,1H3,(H2,10,13,14). The fraction of sp³-hybridized carbons (Fsp3) is 0.111. The predicted molar refractivity (Wildman–Crippen MR) is 61.5 cm³/mol. The fourth-order valence-corrected chi connectivity index (χ4v) is 2.25. The van der Waals surface area contributed by atoms with E-state index in [1.807, 2.05) is 12.3 Å². The Labute approximate surface area is 97.0 Å². The van der Waals surface area contributed by atoms with Crippen LogP contribution in [0.15, 0.2) is 28.6 Å². The number of pyridine rings is 1. The van der Waals surface area contributed by atoms with Crippen LogP contribution in [0.25, 0.3) is 11.4 Å². The molecule has 0 radical (unpaired) electrons. The first kappa shape index (κ1) is 11.2. The smallest absolute Gasteiger partial charge is 0.239 e. The Kier molecular flexibility index (Phi) is 2.75. The van der Waals surface area contributed by atoms with Gasteiger partial charge in [0.15, 0.2) is 0 Å². The molecule has 0 amide bonds. The van der Waals surface area contributed by atoms with Gasteiger partial charge in [-0.2, -0.15) is 0 Å². The molecular formula is C9H9N3O2S2. The van der Waals surface area contributed by atoms with E-state index >= 15 is 0 Å². The molecule has 0 aliphatic carbocycles. The van der Waals surface area contributed by atoms with Gasteiger partial charge in [-0.1, -0.05) is 0 Å². The average molecular weight is 255 g/mol. The first-order valence-electron chi connectivity index (χ1n) is 4.38. The molecule has 2 aromatic heterocycles. The van der Waals surface area contributed by atoms with Gasteiger partial charge in [0.05, 0.1) is 16.4 Å². The fourth-order valence-electron chi connectivity index (χ4n) is 1.18. The summed E-state index contributed by atoms with van der Waals surface area (Å²) in [5.41, 5.74) is 1.38. The quantitative estimate of drug-likeness (QED) is 0.872. The Morgan fingerprint density at radius 1 is 1.31 bits per heavy atom. The normalized spacial score (nSPS) is 11.6. The van der Waals surface area contributed by atoms with E-state index in [0.717, 1.165) is 10.7 Å². The largest absolute Gasteiger partial charge is 0.253 e. The van der Waals surface area contributed by atoms with E-state index in [4.69, 9.17) is 5.14 Å². The van der Waals surface area contributed by atoms with Gasteiger partial charge in [0, 0.05) is 11.6 Å². The van der Waals surface area contributed by atoms with Crippen LogP contribution in [0.4, 0.5) is 0 Å². The summed E-state index contributed by atoms with van der Waals surface area (Å²) in [5.74, 6) is 0. The van der Waals surface area contributed by atoms with Crippen LogP contribution in [-0.2, 0) is 10.0 Å². The molecule has 16 heavy (non-hydrogen) atoms. The Morgan fingerprint density at radius 2 is 2.06 bits per heavy atom. The first-order chi connectivity index (χ1) is 7.47. The molecule has 2 rings (SSSR count). The summed E-state index contributed by atoms with van der Waals surface area (Å²) in [6.07, 6.45) is 1.24. The zero-order valence-electron chi connectivity index (χ0n) is 8.41. The van der Waals surface area contributed by atoms with Gasteiger partial charge in [-0.3, -0.25) is 4.98 Å². The van der Waals surface area contributed by atoms with Gasteiger partial charge in [-0.25, -0.2) is 18.5 Å². The van der Waals surface area contributed by atoms with E-state index in [-0.39, 0.29) is 4.90 Å². The SMILES string of the molecule is Cc1nc(-c2ccc(S(N)(=O)=O)cn2)cs1. The molecule has 0 aliphatic heterocycles. The molecule has 0 saturated carbocycles. The lowest BCUT2D eigenvalue weighted by Gasteiger charge is -1.98. The number of hydrogen-bond acceptors (Lipinski definition) is 5. The van der Waals surface area contributed by atoms with Crippen LogP contribution >= 0.6 is 11.3 Å². The zero-order chi connectivity index (χ0) is 11.8. The van der Waals surface area contributed by atoms with Crippen molar-refractivity contribution in [2.24, 2.45) is 5.14 Å². The van der Waals surface area contributed by atoms with Crippen LogP contribution in [0.5, 0.6) is 0 Å². The van der Waals surface area contributed by atoms with Crippen LogP contribution < -0.4 is 5.14 Å². The number of hydrogen-bond donors (Lipinski definition) is 1. The number of aryl methyl sites for hydroxylation is 1. The maximum absolute atomic E-state index is 11.0. The van der Waals surface area contributed by atoms with Crippen LogP contribution in [0.3, 0.4) is 0 Å². The molecule has 0 spiro atoms. The topological polar surface area (TPSA) is 85.9 Å². The van der Waals surface area contributed by atoms with Gasteiger partial charge in [-0.15, -0.1) is 11.3 Å². The Balaban J connectivity index is 2.40. The van der Waals surface area contributed by atoms with Crippen molar-refractivity contribution in [2.45, 2.75) is 11.8 Å². The van der Waals surface area contributed by atoms with Gasteiger partial charge in [0.2, 0.25) is 10.0 Å². The van der Waals surface area contributed by atoms with E-state index in [1.165, 1.54) is 23.6 Å². The van der Waals surface area contributed by atoms with Crippen LogP contribution in [0.1, 0.15) is 5.01 Å². The molecule has 2 N–H and O–H groups in total. The van der Waals surface area contributed by atoms with Crippen molar-refractivity contribution in [2.75, 3.05) is 0 Å². The molecule has 0 aromatic carbocycles. The van der Waals surface area contributed by atoms with Crippen molar-refractivity contribution in [1.29, 1.82) is 0 Å². The predicted octanol–water partition coefficient (Wildman–Crippen LogP) is 1.16. The minimum atomic E-state index is -3.68. The summed E-state index contributed by atoms with van der Waals surface area (Å²) in [7, 11) is -3.68. The molecule has 7 heteroatoms. The third-order valence-electron chi connectivity index (χ3n) is 1.95. The van der Waals surface area contributed by atoms with Crippen LogP contribution in [0.2, 0.25) is 0 Å². The second-order valence-corrected chi connectivity index (χ2v) is 5.80. The number of aromatic nitrogens is 2. The number of nitrogens with two attached hydrogens (primary N) is 1. The van der Waals surface area contributed by atoms with E-state index in [1.54, 1.807) is 6.07 Å². The average Bonchev–Trinajstić information content (AvgIpc) is 2.64. The molecular weight excluding hydrogens is 246 g/mol. The molecule has 0 fully saturated rings. The van der Waals surface area contributed by atoms with Crippen LogP contribution in [0, 0.1) is 6.92 Å². The zero-order valence-corrected chi connectivity index (χ0v) is 10.0. The molecule has 0 aliphatic rings. The second kappa shape index (κ2) is 3.93. The summed E-state index contributed by atoms with van der Waals surface area (Å²) in [4.78, 5) is 8.26. The highest BCUT2D eigenvalue weighted by Gasteiger charge is 2.09. The monoisotopic (exact) mass is 255 g/mol. The van der Waals surface area contributed by atoms with Crippen molar-refractivity contribution in [1.82, 2.24) is 9.97 Å². The lowest BCUT2D eigenvalue weighted by Crippen LogP contribution is -2.12. The Bertz CT molecular complexity index is 602. The number of nitrogens with zero attached hydrogens (tertiary/aromatic N) is 2. The maximum atomic E-state index is 11.0. The highest BCUT2D eigenvalue weighted by atomic mass is 32.2. The van der Waals surface area contributed by atoms with Gasteiger partial charge < -0.3 is 0 Å². The van der Waals surface area contributed by atoms with Crippen molar-refractivity contribution < 1.29 is 8.42 Å². The number of primary sulfonamides is 1. The summed E-state index contributed by atoms with van der Waals surface area (Å²) in [6.45, 7) is 1.90. The number of sulfonamides is 1. The Morgan fingerprint density at radius 3 is 2.50 bits per heavy atom. The molecule has 2 heterocycles. The molecule has 0 atom stereocenters. The highest BCUT2D eigenvalue weighted by Crippen LogP contribution is 2.20. The van der Waals surface area contributed by atoms with Gasteiger partial charge in [0.1, 0.15) is 4.90 Å². The van der Waals surface area contributed by atoms with Crippen LogP contribution in [-0.4, -0.2) is 18.4 Å². The second-order valence-electron chi connectivity index (χ2n) is 3.18. The molecule has 0 unspecified atom stereocenters. The highest BCUT2D eigenvalue weighted by molar-refractivity contribution is 7.89. The number of thiazole rings is 1. The van der Waals surface area contributed by atoms with E-state index in [2.05, 4.69) is 9.97 Å². The van der Waals surface area contributed by atoms with Crippen molar-refractivity contribution >= 4 is 21.4 Å². The molecule has 2 aromatic rings. The lowest BCUT2D eigenvalue weighted by molar-refractivity contribution is 0.597. The van der Waals surface area contributed by atoms with Crippen molar-refractivity contribution in [3.63, 3.8) is 0 Å². The maximum Gasteiger partial charge on any atom is 0.239 e.